The van der Waals surface area contributed by atoms with Gasteiger partial charge in [-0.15, -0.1) is 0 Å². The van der Waals surface area contributed by atoms with E-state index in [2.05, 4.69) is 11.9 Å². The van der Waals surface area contributed by atoms with Crippen molar-refractivity contribution in [2.45, 2.75) is 0 Å². The summed E-state index contributed by atoms with van der Waals surface area (Å²) in [5, 5.41) is 3.14. The zero-order valence-corrected chi connectivity index (χ0v) is 16.3. The number of carbonyl (C=O) groups is 2. The maximum atomic E-state index is 13.1. The first kappa shape index (κ1) is 19.9. The predicted octanol–water partition coefficient (Wildman–Crippen LogP) is 0.189. The molecule has 2 amide bonds. The molecule has 0 bridgehead atoms. The summed E-state index contributed by atoms with van der Waals surface area (Å²) >= 11 is 0. The molecule has 0 atom stereocenters. The Balaban J connectivity index is 1.71. The lowest BCUT2D eigenvalue weighted by molar-refractivity contribution is -0.133. The first-order valence-corrected chi connectivity index (χ1v) is 10.1. The van der Waals surface area contributed by atoms with E-state index in [4.69, 9.17) is 4.74 Å². The Morgan fingerprint density at radius 2 is 1.93 bits per heavy atom. The first-order chi connectivity index (χ1) is 13.4. The maximum Gasteiger partial charge on any atom is 0.308 e. The minimum atomic E-state index is -3.78. The zero-order valence-electron chi connectivity index (χ0n) is 15.5. The van der Waals surface area contributed by atoms with Crippen LogP contribution >= 0.6 is 0 Å². The van der Waals surface area contributed by atoms with Crippen LogP contribution in [-0.2, 0) is 19.8 Å². The minimum Gasteiger partial charge on any atom is -0.496 e. The van der Waals surface area contributed by atoms with Gasteiger partial charge >= 0.3 is 10.2 Å². The average molecular weight is 406 g/mol. The molecule has 0 unspecified atom stereocenters. The van der Waals surface area contributed by atoms with Crippen molar-refractivity contribution in [3.63, 3.8) is 0 Å². The molecule has 28 heavy (non-hydrogen) atoms. The molecule has 0 radical (unpaired) electrons. The monoisotopic (exact) mass is 406 g/mol. The summed E-state index contributed by atoms with van der Waals surface area (Å²) in [5.74, 6) is -0.0867. The number of piperazine rings is 1. The first-order valence-electron chi connectivity index (χ1n) is 8.71. The van der Waals surface area contributed by atoms with Gasteiger partial charge in [0.05, 0.1) is 19.2 Å². The fourth-order valence-electron chi connectivity index (χ4n) is 3.13. The van der Waals surface area contributed by atoms with Gasteiger partial charge in [0, 0.05) is 37.8 Å². The normalized spacial score (nSPS) is 15.4. The topological polar surface area (TPSA) is 101 Å². The van der Waals surface area contributed by atoms with Gasteiger partial charge in [0.1, 0.15) is 5.75 Å². The number of benzene rings is 1. The number of nitrogens with one attached hydrogen (secondary N) is 1. The molecular formula is C18H22N4O5S. The number of amides is 2. The Morgan fingerprint density at radius 1 is 1.21 bits per heavy atom. The van der Waals surface area contributed by atoms with E-state index in [9.17, 15) is 18.0 Å². The third kappa shape index (κ3) is 3.73. The summed E-state index contributed by atoms with van der Waals surface area (Å²) in [6.45, 7) is 4.04. The standard InChI is InChI=1S/C18H22N4O5S/c1-3-17(23)19-13-18(24)20-9-11-21(12-10-20)28(25,26)22-8-7-14-15(22)5-4-6-16(14)27-2/h3-8H,1,9-13H2,2H3,(H,19,23). The third-order valence-corrected chi connectivity index (χ3v) is 6.48. The van der Waals surface area contributed by atoms with Crippen molar-refractivity contribution in [1.29, 1.82) is 0 Å². The number of hydrogen-bond donors (Lipinski definition) is 1. The third-order valence-electron chi connectivity index (χ3n) is 4.64. The van der Waals surface area contributed by atoms with Gasteiger partial charge in [0.15, 0.2) is 0 Å². The molecular weight excluding hydrogens is 384 g/mol. The van der Waals surface area contributed by atoms with Gasteiger partial charge < -0.3 is 15.0 Å². The SMILES string of the molecule is C=CC(=O)NCC(=O)N1CCN(S(=O)(=O)n2ccc3c(OC)cccc32)CC1. The second-order valence-corrected chi connectivity index (χ2v) is 8.02. The summed E-state index contributed by atoms with van der Waals surface area (Å²) in [4.78, 5) is 24.8. The maximum absolute atomic E-state index is 13.1. The average Bonchev–Trinajstić information content (AvgIpc) is 3.16. The van der Waals surface area contributed by atoms with Crippen LogP contribution in [0.1, 0.15) is 0 Å². The van der Waals surface area contributed by atoms with Crippen LogP contribution < -0.4 is 10.1 Å². The van der Waals surface area contributed by atoms with Crippen LogP contribution in [0, 0.1) is 0 Å². The fourth-order valence-corrected chi connectivity index (χ4v) is 4.63. The number of aromatic nitrogens is 1. The van der Waals surface area contributed by atoms with E-state index in [1.165, 1.54) is 26.5 Å². The van der Waals surface area contributed by atoms with Crippen LogP contribution in [-0.4, -0.2) is 73.2 Å². The molecule has 1 aromatic carbocycles. The summed E-state index contributed by atoms with van der Waals surface area (Å²) in [6.07, 6.45) is 2.60. The largest absolute Gasteiger partial charge is 0.496 e. The van der Waals surface area contributed by atoms with E-state index in [0.717, 1.165) is 6.08 Å². The smallest absolute Gasteiger partial charge is 0.308 e. The summed E-state index contributed by atoms with van der Waals surface area (Å²) in [7, 11) is -2.24. The van der Waals surface area contributed by atoms with Crippen molar-refractivity contribution in [3.8, 4) is 5.75 Å². The Hall–Kier alpha value is -2.85. The molecule has 9 nitrogen and oxygen atoms in total. The van der Waals surface area contributed by atoms with Gasteiger partial charge in [-0.25, -0.2) is 3.97 Å². The number of hydrogen-bond acceptors (Lipinski definition) is 5. The molecule has 2 heterocycles. The number of ether oxygens (including phenoxy) is 1. The van der Waals surface area contributed by atoms with Crippen molar-refractivity contribution in [2.75, 3.05) is 39.8 Å². The van der Waals surface area contributed by atoms with E-state index in [1.807, 2.05) is 0 Å². The van der Waals surface area contributed by atoms with E-state index in [1.54, 1.807) is 24.3 Å². The summed E-state index contributed by atoms with van der Waals surface area (Å²) < 4.78 is 34.0. The second kappa shape index (κ2) is 8.03. The van der Waals surface area contributed by atoms with Gasteiger partial charge in [-0.2, -0.15) is 12.7 Å². The predicted molar refractivity (Wildman–Crippen MR) is 104 cm³/mol. The molecule has 1 fully saturated rings. The van der Waals surface area contributed by atoms with Gasteiger partial charge in [-0.3, -0.25) is 9.59 Å². The van der Waals surface area contributed by atoms with Crippen molar-refractivity contribution in [3.05, 3.63) is 43.1 Å². The van der Waals surface area contributed by atoms with Crippen molar-refractivity contribution >= 4 is 32.9 Å². The van der Waals surface area contributed by atoms with Gasteiger partial charge in [-0.05, 0) is 24.3 Å². The van der Waals surface area contributed by atoms with Crippen LogP contribution in [0.3, 0.4) is 0 Å². The number of methoxy groups -OCH3 is 1. The Kier molecular flexibility index (Phi) is 5.71. The Bertz CT molecular complexity index is 1010. The Morgan fingerprint density at radius 3 is 2.57 bits per heavy atom. The van der Waals surface area contributed by atoms with E-state index in [0.29, 0.717) is 16.7 Å². The molecule has 1 aliphatic rings. The highest BCUT2D eigenvalue weighted by Gasteiger charge is 2.30. The Labute approximate surface area is 163 Å². The van der Waals surface area contributed by atoms with Crippen molar-refractivity contribution in [1.82, 2.24) is 18.5 Å². The minimum absolute atomic E-state index is 0.139. The molecule has 0 spiro atoms. The molecule has 3 rings (SSSR count). The van der Waals surface area contributed by atoms with E-state index < -0.39 is 16.1 Å². The molecule has 1 N–H and O–H groups in total. The van der Waals surface area contributed by atoms with Crippen LogP contribution in [0.4, 0.5) is 0 Å². The molecule has 1 aliphatic heterocycles. The van der Waals surface area contributed by atoms with Crippen LogP contribution in [0.5, 0.6) is 5.75 Å². The van der Waals surface area contributed by atoms with Crippen LogP contribution in [0.2, 0.25) is 0 Å². The number of carbonyl (C=O) groups excluding carboxylic acids is 2. The molecule has 0 aliphatic carbocycles. The summed E-state index contributed by atoms with van der Waals surface area (Å²) in [6, 6.07) is 6.93. The van der Waals surface area contributed by atoms with Crippen LogP contribution in [0.25, 0.3) is 10.9 Å². The molecule has 10 heteroatoms. The number of nitrogens with zero attached hydrogens (tertiary/aromatic N) is 3. The quantitative estimate of drug-likeness (QED) is 0.690. The number of rotatable bonds is 6. The zero-order chi connectivity index (χ0) is 20.3. The fraction of sp³-hybridized carbons (Fsp3) is 0.333. The van der Waals surface area contributed by atoms with E-state index in [-0.39, 0.29) is 38.6 Å². The molecule has 1 aromatic heterocycles. The van der Waals surface area contributed by atoms with Gasteiger partial charge in [-0.1, -0.05) is 12.6 Å². The van der Waals surface area contributed by atoms with Gasteiger partial charge in [0.2, 0.25) is 11.8 Å². The summed E-state index contributed by atoms with van der Waals surface area (Å²) in [5.41, 5.74) is 0.532. The highest BCUT2D eigenvalue weighted by Crippen LogP contribution is 2.28. The van der Waals surface area contributed by atoms with E-state index >= 15 is 0 Å². The highest BCUT2D eigenvalue weighted by atomic mass is 32.2. The molecule has 0 saturated carbocycles. The lowest BCUT2D eigenvalue weighted by atomic mass is 10.2. The molecule has 150 valence electrons. The van der Waals surface area contributed by atoms with Crippen molar-refractivity contribution < 1.29 is 22.7 Å². The van der Waals surface area contributed by atoms with Gasteiger partial charge in [0.25, 0.3) is 0 Å². The van der Waals surface area contributed by atoms with Crippen molar-refractivity contribution in [2.24, 2.45) is 0 Å². The van der Waals surface area contributed by atoms with Crippen LogP contribution in [0.15, 0.2) is 43.1 Å². The molecule has 2 aromatic rings. The highest BCUT2D eigenvalue weighted by molar-refractivity contribution is 7.87. The second-order valence-electron chi connectivity index (χ2n) is 6.21. The lowest BCUT2D eigenvalue weighted by Gasteiger charge is -2.34. The lowest BCUT2D eigenvalue weighted by Crippen LogP contribution is -2.53. The molecule has 1 saturated heterocycles. The number of fused-ring (bicyclic) bond motifs is 1.